The molecule has 0 spiro atoms. The average molecular weight is 429 g/mol. The fraction of sp³-hybridized carbons (Fsp3) is 0.217. The number of ether oxygens (including phenoxy) is 1. The van der Waals surface area contributed by atoms with E-state index in [0.29, 0.717) is 36.0 Å². The number of benzene rings is 2. The molecular formula is C23H19N5O4. The lowest BCUT2D eigenvalue weighted by Gasteiger charge is -2.40. The standard InChI is InChI=1S/C23H19N5O4/c1-23(11-31-12-23)28-15-9-5-3-7-13(15)24-20(28)19-26-17(18(29)22(30)27(19)2)21-25-14-8-4-6-10-16(14)32-21/h3-10,29H,11-12H2,1-2H3. The Morgan fingerprint density at radius 1 is 0.969 bits per heavy atom. The molecule has 1 fully saturated rings. The van der Waals surface area contributed by atoms with E-state index < -0.39 is 11.3 Å². The number of nitrogens with zero attached hydrogens (tertiary/aromatic N) is 5. The topological polar surface area (TPSA) is 108 Å². The summed E-state index contributed by atoms with van der Waals surface area (Å²) in [4.78, 5) is 26.8. The van der Waals surface area contributed by atoms with Crippen molar-refractivity contribution < 1.29 is 14.3 Å². The third kappa shape index (κ3) is 2.54. The number of aromatic hydroxyl groups is 1. The second-order valence-electron chi connectivity index (χ2n) is 8.23. The molecule has 1 aliphatic heterocycles. The van der Waals surface area contributed by atoms with E-state index in [4.69, 9.17) is 14.1 Å². The molecular weight excluding hydrogens is 410 g/mol. The van der Waals surface area contributed by atoms with Crippen LogP contribution in [0.25, 0.3) is 45.4 Å². The molecule has 32 heavy (non-hydrogen) atoms. The number of imidazole rings is 1. The highest BCUT2D eigenvalue weighted by Crippen LogP contribution is 2.36. The van der Waals surface area contributed by atoms with Gasteiger partial charge in [-0.1, -0.05) is 24.3 Å². The van der Waals surface area contributed by atoms with Crippen molar-refractivity contribution in [1.29, 1.82) is 0 Å². The SMILES string of the molecule is Cn1c(-c2nc3ccccc3n2C2(C)COC2)nc(-c2nc3ccccc3o2)c(O)c1=O. The van der Waals surface area contributed by atoms with Crippen LogP contribution in [0.2, 0.25) is 0 Å². The molecule has 1 saturated heterocycles. The molecule has 5 aromatic rings. The van der Waals surface area contributed by atoms with E-state index in [1.807, 2.05) is 36.4 Å². The first kappa shape index (κ1) is 18.8. The van der Waals surface area contributed by atoms with Gasteiger partial charge in [0.25, 0.3) is 5.56 Å². The van der Waals surface area contributed by atoms with E-state index >= 15 is 0 Å². The normalized spacial score (nSPS) is 15.3. The lowest BCUT2D eigenvalue weighted by Crippen LogP contribution is -2.49. The summed E-state index contributed by atoms with van der Waals surface area (Å²) in [7, 11) is 1.56. The maximum Gasteiger partial charge on any atom is 0.296 e. The molecule has 2 aromatic carbocycles. The van der Waals surface area contributed by atoms with Gasteiger partial charge in [-0.25, -0.2) is 15.0 Å². The summed E-state index contributed by atoms with van der Waals surface area (Å²) in [6.45, 7) is 3.11. The number of hydrogen-bond donors (Lipinski definition) is 1. The molecule has 0 amide bonds. The van der Waals surface area contributed by atoms with Crippen molar-refractivity contribution in [2.45, 2.75) is 12.5 Å². The molecule has 0 radical (unpaired) electrons. The zero-order valence-corrected chi connectivity index (χ0v) is 17.4. The van der Waals surface area contributed by atoms with Crippen LogP contribution < -0.4 is 5.56 Å². The first-order valence-electron chi connectivity index (χ1n) is 10.2. The molecule has 0 saturated carbocycles. The summed E-state index contributed by atoms with van der Waals surface area (Å²) in [6, 6.07) is 15.0. The van der Waals surface area contributed by atoms with E-state index in [1.54, 1.807) is 19.2 Å². The fourth-order valence-electron chi connectivity index (χ4n) is 4.16. The van der Waals surface area contributed by atoms with Gasteiger partial charge in [-0.2, -0.15) is 0 Å². The van der Waals surface area contributed by atoms with Gasteiger partial charge in [0.2, 0.25) is 11.6 Å². The Labute approximate surface area is 181 Å². The van der Waals surface area contributed by atoms with Crippen LogP contribution in [-0.2, 0) is 17.3 Å². The van der Waals surface area contributed by atoms with Gasteiger partial charge in [-0.15, -0.1) is 0 Å². The van der Waals surface area contributed by atoms with Crippen LogP contribution in [0.15, 0.2) is 57.7 Å². The number of hydrogen-bond acceptors (Lipinski definition) is 7. The Balaban J connectivity index is 1.64. The molecule has 9 heteroatoms. The summed E-state index contributed by atoms with van der Waals surface area (Å²) in [5.74, 6) is 0.357. The highest BCUT2D eigenvalue weighted by atomic mass is 16.5. The second kappa shape index (κ2) is 6.51. The van der Waals surface area contributed by atoms with Gasteiger partial charge in [0, 0.05) is 7.05 Å². The number of oxazole rings is 1. The van der Waals surface area contributed by atoms with Crippen LogP contribution in [0, 0.1) is 0 Å². The van der Waals surface area contributed by atoms with Crippen molar-refractivity contribution >= 4 is 22.1 Å². The van der Waals surface area contributed by atoms with Crippen molar-refractivity contribution in [2.24, 2.45) is 7.05 Å². The van der Waals surface area contributed by atoms with E-state index in [1.165, 1.54) is 4.57 Å². The zero-order chi connectivity index (χ0) is 22.0. The molecule has 3 aromatic heterocycles. The molecule has 9 nitrogen and oxygen atoms in total. The number of para-hydroxylation sites is 4. The molecule has 0 bridgehead atoms. The van der Waals surface area contributed by atoms with Crippen LogP contribution in [0.3, 0.4) is 0 Å². The molecule has 0 atom stereocenters. The predicted octanol–water partition coefficient (Wildman–Crippen LogP) is 3.06. The first-order valence-corrected chi connectivity index (χ1v) is 10.2. The van der Waals surface area contributed by atoms with Crippen LogP contribution >= 0.6 is 0 Å². The molecule has 0 aliphatic carbocycles. The Morgan fingerprint density at radius 3 is 2.41 bits per heavy atom. The maximum atomic E-state index is 13.0. The minimum absolute atomic E-state index is 0.0204. The maximum absolute atomic E-state index is 13.0. The monoisotopic (exact) mass is 429 g/mol. The Kier molecular flexibility index (Phi) is 3.82. The van der Waals surface area contributed by atoms with Gasteiger partial charge in [-0.05, 0) is 31.2 Å². The van der Waals surface area contributed by atoms with Crippen LogP contribution in [0.4, 0.5) is 0 Å². The fourth-order valence-corrected chi connectivity index (χ4v) is 4.16. The molecule has 0 unspecified atom stereocenters. The summed E-state index contributed by atoms with van der Waals surface area (Å²) >= 11 is 0. The summed E-state index contributed by atoms with van der Waals surface area (Å²) in [5.41, 5.74) is 1.88. The molecule has 1 aliphatic rings. The van der Waals surface area contributed by atoms with Gasteiger partial charge in [0.1, 0.15) is 5.52 Å². The lowest BCUT2D eigenvalue weighted by atomic mass is 9.99. The number of aromatic nitrogens is 5. The van der Waals surface area contributed by atoms with Gasteiger partial charge < -0.3 is 18.8 Å². The highest BCUT2D eigenvalue weighted by Gasteiger charge is 2.39. The summed E-state index contributed by atoms with van der Waals surface area (Å²) in [6.07, 6.45) is 0. The van der Waals surface area contributed by atoms with Crippen molar-refractivity contribution in [1.82, 2.24) is 24.1 Å². The Morgan fingerprint density at radius 2 is 1.69 bits per heavy atom. The second-order valence-corrected chi connectivity index (χ2v) is 8.23. The van der Waals surface area contributed by atoms with Gasteiger partial charge in [0.15, 0.2) is 22.9 Å². The highest BCUT2D eigenvalue weighted by molar-refractivity contribution is 5.81. The predicted molar refractivity (Wildman–Crippen MR) is 117 cm³/mol. The lowest BCUT2D eigenvalue weighted by molar-refractivity contribution is -0.0869. The number of fused-ring (bicyclic) bond motifs is 2. The zero-order valence-electron chi connectivity index (χ0n) is 17.4. The molecule has 4 heterocycles. The van der Waals surface area contributed by atoms with Crippen LogP contribution in [0.1, 0.15) is 6.92 Å². The number of rotatable bonds is 3. The smallest absolute Gasteiger partial charge is 0.296 e. The van der Waals surface area contributed by atoms with Gasteiger partial charge >= 0.3 is 0 Å². The molecule has 1 N–H and O–H groups in total. The van der Waals surface area contributed by atoms with E-state index in [-0.39, 0.29) is 17.1 Å². The van der Waals surface area contributed by atoms with Crippen molar-refractivity contribution in [3.05, 3.63) is 58.9 Å². The summed E-state index contributed by atoms with van der Waals surface area (Å²) < 4.78 is 14.6. The van der Waals surface area contributed by atoms with E-state index in [2.05, 4.69) is 21.5 Å². The minimum Gasteiger partial charge on any atom is -0.501 e. The van der Waals surface area contributed by atoms with Crippen molar-refractivity contribution in [3.8, 4) is 29.0 Å². The van der Waals surface area contributed by atoms with E-state index in [9.17, 15) is 9.90 Å². The third-order valence-electron chi connectivity index (χ3n) is 5.89. The molecule has 160 valence electrons. The van der Waals surface area contributed by atoms with Gasteiger partial charge in [-0.3, -0.25) is 9.36 Å². The molecule has 6 rings (SSSR count). The van der Waals surface area contributed by atoms with Gasteiger partial charge in [0.05, 0.1) is 29.8 Å². The van der Waals surface area contributed by atoms with Crippen molar-refractivity contribution in [3.63, 3.8) is 0 Å². The Bertz CT molecular complexity index is 1540. The van der Waals surface area contributed by atoms with Crippen LogP contribution in [-0.4, -0.2) is 42.4 Å². The Hall–Kier alpha value is -3.98. The van der Waals surface area contributed by atoms with Crippen LogP contribution in [0.5, 0.6) is 5.75 Å². The minimum atomic E-state index is -0.610. The average Bonchev–Trinajstić information content (AvgIpc) is 3.38. The quantitative estimate of drug-likeness (QED) is 0.470. The largest absolute Gasteiger partial charge is 0.501 e. The third-order valence-corrected chi connectivity index (χ3v) is 5.89. The van der Waals surface area contributed by atoms with Crippen molar-refractivity contribution in [2.75, 3.05) is 13.2 Å². The summed E-state index contributed by atoms with van der Waals surface area (Å²) in [5, 5.41) is 10.6. The first-order chi connectivity index (χ1) is 15.5. The van der Waals surface area contributed by atoms with E-state index in [0.717, 1.165) is 11.0 Å².